The molecule has 1 aliphatic rings. The molecular weight excluding hydrogens is 362 g/mol. The fraction of sp³-hybridized carbons (Fsp3) is 0.458. The summed E-state index contributed by atoms with van der Waals surface area (Å²) in [5.74, 6) is 1.52. The van der Waals surface area contributed by atoms with Crippen LogP contribution in [0.5, 0.6) is 5.75 Å². The van der Waals surface area contributed by atoms with Gasteiger partial charge in [-0.05, 0) is 30.0 Å². The number of piperazine rings is 1. The second-order valence-electron chi connectivity index (χ2n) is 8.10. The molecule has 0 spiro atoms. The predicted octanol–water partition coefficient (Wildman–Crippen LogP) is 3.72. The average molecular weight is 396 g/mol. The Hall–Kier alpha value is -2.53. The third-order valence-corrected chi connectivity index (χ3v) is 5.41. The van der Waals surface area contributed by atoms with Crippen LogP contribution in [0.15, 0.2) is 54.6 Å². The zero-order chi connectivity index (χ0) is 20.6. The van der Waals surface area contributed by atoms with Gasteiger partial charge in [-0.3, -0.25) is 9.69 Å². The zero-order valence-electron chi connectivity index (χ0n) is 17.8. The quantitative estimate of drug-likeness (QED) is 0.740. The first-order chi connectivity index (χ1) is 14.1. The van der Waals surface area contributed by atoms with Gasteiger partial charge >= 0.3 is 0 Å². The van der Waals surface area contributed by atoms with Crippen LogP contribution in [0.3, 0.4) is 0 Å². The number of nitrogens with zero attached hydrogens (tertiary/aromatic N) is 2. The van der Waals surface area contributed by atoms with Gasteiger partial charge in [-0.25, -0.2) is 0 Å². The van der Waals surface area contributed by atoms with Crippen LogP contribution in [-0.4, -0.2) is 50.6 Å². The van der Waals surface area contributed by atoms with Crippen molar-refractivity contribution in [3.05, 3.63) is 60.2 Å². The van der Waals surface area contributed by atoms with E-state index in [2.05, 4.69) is 47.2 Å². The van der Waals surface area contributed by atoms with E-state index in [1.54, 1.807) is 7.11 Å². The van der Waals surface area contributed by atoms with Gasteiger partial charge in [0.15, 0.2) is 0 Å². The summed E-state index contributed by atoms with van der Waals surface area (Å²) in [5.41, 5.74) is 2.30. The van der Waals surface area contributed by atoms with Crippen LogP contribution >= 0.6 is 0 Å². The van der Waals surface area contributed by atoms with Crippen molar-refractivity contribution < 1.29 is 9.53 Å². The number of carbonyl (C=O) groups is 1. The van der Waals surface area contributed by atoms with Crippen molar-refractivity contribution in [3.63, 3.8) is 0 Å². The second kappa shape index (κ2) is 10.3. The highest BCUT2D eigenvalue weighted by molar-refractivity contribution is 5.78. The first-order valence-corrected chi connectivity index (χ1v) is 10.5. The number of amides is 1. The molecule has 3 rings (SSSR count). The Morgan fingerprint density at radius 2 is 1.66 bits per heavy atom. The number of ether oxygens (including phenoxy) is 1. The maximum atomic E-state index is 12.7. The number of nitrogens with one attached hydrogen (secondary N) is 1. The van der Waals surface area contributed by atoms with Gasteiger partial charge < -0.3 is 15.0 Å². The van der Waals surface area contributed by atoms with E-state index in [1.807, 2.05) is 36.4 Å². The molecule has 2 aromatic carbocycles. The third kappa shape index (κ3) is 5.97. The molecule has 29 heavy (non-hydrogen) atoms. The smallest absolute Gasteiger partial charge is 0.234 e. The average Bonchev–Trinajstić information content (AvgIpc) is 2.74. The van der Waals surface area contributed by atoms with E-state index in [-0.39, 0.29) is 11.9 Å². The number of hydrogen-bond donors (Lipinski definition) is 1. The van der Waals surface area contributed by atoms with Crippen LogP contribution in [0.1, 0.15) is 31.9 Å². The number of rotatable bonds is 8. The fourth-order valence-electron chi connectivity index (χ4n) is 3.92. The summed E-state index contributed by atoms with van der Waals surface area (Å²) < 4.78 is 5.49. The van der Waals surface area contributed by atoms with Gasteiger partial charge in [0.1, 0.15) is 5.75 Å². The summed E-state index contributed by atoms with van der Waals surface area (Å²) in [5, 5.41) is 3.26. The molecule has 1 fully saturated rings. The lowest BCUT2D eigenvalue weighted by Crippen LogP contribution is -2.50. The van der Waals surface area contributed by atoms with E-state index in [4.69, 9.17) is 4.74 Å². The van der Waals surface area contributed by atoms with Gasteiger partial charge in [0.05, 0.1) is 25.4 Å². The van der Waals surface area contributed by atoms with Gasteiger partial charge in [-0.15, -0.1) is 0 Å². The topological polar surface area (TPSA) is 44.8 Å². The van der Waals surface area contributed by atoms with Crippen molar-refractivity contribution in [1.29, 1.82) is 0 Å². The maximum Gasteiger partial charge on any atom is 0.234 e. The molecule has 1 heterocycles. The number of carbonyl (C=O) groups excluding carboxylic acids is 1. The van der Waals surface area contributed by atoms with Gasteiger partial charge in [0, 0.05) is 26.2 Å². The molecule has 1 atom stereocenters. The number of benzene rings is 2. The fourth-order valence-corrected chi connectivity index (χ4v) is 3.92. The lowest BCUT2D eigenvalue weighted by Gasteiger charge is -2.36. The summed E-state index contributed by atoms with van der Waals surface area (Å²) in [4.78, 5) is 17.3. The highest BCUT2D eigenvalue weighted by Crippen LogP contribution is 2.28. The highest BCUT2D eigenvalue weighted by atomic mass is 16.5. The summed E-state index contributed by atoms with van der Waals surface area (Å²) in [6.45, 7) is 8.35. The van der Waals surface area contributed by atoms with Crippen LogP contribution in [-0.2, 0) is 4.79 Å². The molecule has 0 aromatic heterocycles. The molecule has 1 N–H and O–H groups in total. The van der Waals surface area contributed by atoms with Crippen LogP contribution in [0.2, 0.25) is 0 Å². The second-order valence-corrected chi connectivity index (χ2v) is 8.10. The van der Waals surface area contributed by atoms with E-state index in [9.17, 15) is 4.79 Å². The number of methoxy groups -OCH3 is 1. The van der Waals surface area contributed by atoms with Crippen LogP contribution < -0.4 is 15.0 Å². The molecule has 5 nitrogen and oxygen atoms in total. The predicted molar refractivity (Wildman–Crippen MR) is 118 cm³/mol. The van der Waals surface area contributed by atoms with Gasteiger partial charge in [-0.2, -0.15) is 0 Å². The van der Waals surface area contributed by atoms with Crippen LogP contribution in [0, 0.1) is 5.92 Å². The Kier molecular flexibility index (Phi) is 7.53. The Balaban J connectivity index is 1.53. The lowest BCUT2D eigenvalue weighted by molar-refractivity contribution is -0.123. The minimum atomic E-state index is 0.0681. The molecule has 1 aliphatic heterocycles. The summed E-state index contributed by atoms with van der Waals surface area (Å²) in [7, 11) is 1.71. The minimum Gasteiger partial charge on any atom is -0.495 e. The minimum absolute atomic E-state index is 0.0681. The molecule has 1 saturated heterocycles. The van der Waals surface area contributed by atoms with E-state index in [0.717, 1.165) is 44.0 Å². The van der Waals surface area contributed by atoms with E-state index in [1.165, 1.54) is 5.56 Å². The molecule has 156 valence electrons. The van der Waals surface area contributed by atoms with Crippen molar-refractivity contribution in [1.82, 2.24) is 10.2 Å². The van der Waals surface area contributed by atoms with Gasteiger partial charge in [-0.1, -0.05) is 56.3 Å². The SMILES string of the molecule is COc1ccccc1N1CCN(CC(=O)N[C@H](CC(C)C)c2ccccc2)CC1. The maximum absolute atomic E-state index is 12.7. The zero-order valence-corrected chi connectivity index (χ0v) is 17.8. The monoisotopic (exact) mass is 395 g/mol. The third-order valence-electron chi connectivity index (χ3n) is 5.41. The first kappa shape index (κ1) is 21.2. The number of hydrogen-bond acceptors (Lipinski definition) is 4. The summed E-state index contributed by atoms with van der Waals surface area (Å²) in [6, 6.07) is 18.5. The molecule has 0 radical (unpaired) electrons. The highest BCUT2D eigenvalue weighted by Gasteiger charge is 2.22. The Morgan fingerprint density at radius 3 is 2.31 bits per heavy atom. The van der Waals surface area contributed by atoms with Crippen molar-refractivity contribution in [3.8, 4) is 5.75 Å². The molecule has 0 unspecified atom stereocenters. The molecule has 0 aliphatic carbocycles. The number of para-hydroxylation sites is 2. The van der Waals surface area contributed by atoms with Gasteiger partial charge in [0.25, 0.3) is 0 Å². The first-order valence-electron chi connectivity index (χ1n) is 10.5. The Bertz CT molecular complexity index is 771. The Morgan fingerprint density at radius 1 is 1.00 bits per heavy atom. The number of anilines is 1. The molecule has 1 amide bonds. The van der Waals surface area contributed by atoms with Crippen molar-refractivity contribution in [2.24, 2.45) is 5.92 Å². The standard InChI is InChI=1S/C24H33N3O2/c1-19(2)17-21(20-9-5-4-6-10-20)25-24(28)18-26-13-15-27(16-14-26)22-11-7-8-12-23(22)29-3/h4-12,19,21H,13-18H2,1-3H3,(H,25,28)/t21-/m1/s1. The van der Waals surface area contributed by atoms with E-state index < -0.39 is 0 Å². The Labute approximate surface area is 174 Å². The molecule has 2 aromatic rings. The lowest BCUT2D eigenvalue weighted by atomic mass is 9.97. The van der Waals surface area contributed by atoms with Crippen molar-refractivity contribution in [2.75, 3.05) is 44.7 Å². The van der Waals surface area contributed by atoms with E-state index >= 15 is 0 Å². The summed E-state index contributed by atoms with van der Waals surface area (Å²) in [6.07, 6.45) is 0.942. The largest absolute Gasteiger partial charge is 0.495 e. The molecule has 0 bridgehead atoms. The summed E-state index contributed by atoms with van der Waals surface area (Å²) >= 11 is 0. The molecular formula is C24H33N3O2. The van der Waals surface area contributed by atoms with E-state index in [0.29, 0.717) is 12.5 Å². The molecule has 0 saturated carbocycles. The van der Waals surface area contributed by atoms with Crippen molar-refractivity contribution >= 4 is 11.6 Å². The van der Waals surface area contributed by atoms with Crippen molar-refractivity contribution in [2.45, 2.75) is 26.3 Å². The van der Waals surface area contributed by atoms with Gasteiger partial charge in [0.2, 0.25) is 5.91 Å². The molecule has 5 heteroatoms. The normalized spacial score (nSPS) is 15.9. The van der Waals surface area contributed by atoms with Crippen LogP contribution in [0.25, 0.3) is 0 Å². The van der Waals surface area contributed by atoms with Crippen LogP contribution in [0.4, 0.5) is 5.69 Å².